The predicted octanol–water partition coefficient (Wildman–Crippen LogP) is 3.37. The van der Waals surface area contributed by atoms with E-state index in [-0.39, 0.29) is 11.5 Å². The molecule has 0 fully saturated rings. The van der Waals surface area contributed by atoms with Gasteiger partial charge in [0.15, 0.2) is 5.82 Å². The third kappa shape index (κ3) is 6.14. The van der Waals surface area contributed by atoms with Gasteiger partial charge >= 0.3 is 5.97 Å². The summed E-state index contributed by atoms with van der Waals surface area (Å²) in [6, 6.07) is 7.88. The summed E-state index contributed by atoms with van der Waals surface area (Å²) in [6.45, 7) is 11.6. The SMILES string of the molecule is CC(C)(C)OC(=O)C=Cc1ccc(Cc2nnn(C(C)(C)C)n2)cc1. The number of esters is 1. The first kappa shape index (κ1) is 18.8. The Hall–Kier alpha value is -2.50. The van der Waals surface area contributed by atoms with E-state index in [1.165, 1.54) is 6.08 Å². The number of tetrazole rings is 1. The summed E-state index contributed by atoms with van der Waals surface area (Å²) in [5.74, 6) is 0.339. The standard InChI is InChI=1S/C19H26N4O2/c1-18(2,3)23-21-16(20-22-23)13-15-9-7-14(8-10-15)11-12-17(24)25-19(4,5)6/h7-12H,13H2,1-6H3. The molecule has 0 aliphatic heterocycles. The summed E-state index contributed by atoms with van der Waals surface area (Å²) in [5, 5.41) is 12.6. The van der Waals surface area contributed by atoms with Gasteiger partial charge in [-0.25, -0.2) is 4.79 Å². The molecule has 1 aromatic heterocycles. The minimum atomic E-state index is -0.483. The lowest BCUT2D eigenvalue weighted by molar-refractivity contribution is -0.148. The highest BCUT2D eigenvalue weighted by Gasteiger charge is 2.17. The van der Waals surface area contributed by atoms with E-state index in [4.69, 9.17) is 4.74 Å². The third-order valence-corrected chi connectivity index (χ3v) is 3.22. The van der Waals surface area contributed by atoms with Gasteiger partial charge in [0.1, 0.15) is 5.60 Å². The fourth-order valence-corrected chi connectivity index (χ4v) is 2.03. The molecule has 0 amide bonds. The molecule has 0 bridgehead atoms. The molecule has 0 saturated heterocycles. The van der Waals surface area contributed by atoms with E-state index in [0.29, 0.717) is 12.2 Å². The highest BCUT2D eigenvalue weighted by atomic mass is 16.6. The summed E-state index contributed by atoms with van der Waals surface area (Å²) < 4.78 is 5.24. The zero-order chi connectivity index (χ0) is 18.7. The van der Waals surface area contributed by atoms with E-state index in [1.54, 1.807) is 10.9 Å². The largest absolute Gasteiger partial charge is 0.457 e. The van der Waals surface area contributed by atoms with Gasteiger partial charge in [-0.3, -0.25) is 0 Å². The lowest BCUT2D eigenvalue weighted by atomic mass is 10.1. The first-order chi connectivity index (χ1) is 11.5. The Bertz CT molecular complexity index is 747. The first-order valence-electron chi connectivity index (χ1n) is 8.32. The molecule has 134 valence electrons. The van der Waals surface area contributed by atoms with Crippen molar-refractivity contribution in [2.24, 2.45) is 0 Å². The normalized spacial score (nSPS) is 12.6. The molecule has 1 heterocycles. The number of carbonyl (C=O) groups is 1. The van der Waals surface area contributed by atoms with Crippen LogP contribution in [0, 0.1) is 0 Å². The number of hydrogen-bond donors (Lipinski definition) is 0. The van der Waals surface area contributed by atoms with E-state index in [1.807, 2.05) is 65.8 Å². The van der Waals surface area contributed by atoms with E-state index in [9.17, 15) is 4.79 Å². The Morgan fingerprint density at radius 3 is 2.28 bits per heavy atom. The Labute approximate surface area is 148 Å². The van der Waals surface area contributed by atoms with Crippen molar-refractivity contribution in [2.75, 3.05) is 0 Å². The molecule has 0 atom stereocenters. The minimum Gasteiger partial charge on any atom is -0.457 e. The van der Waals surface area contributed by atoms with Crippen molar-refractivity contribution in [1.82, 2.24) is 20.2 Å². The Morgan fingerprint density at radius 1 is 1.12 bits per heavy atom. The lowest BCUT2D eigenvalue weighted by Crippen LogP contribution is -2.24. The summed E-state index contributed by atoms with van der Waals surface area (Å²) in [4.78, 5) is 13.3. The number of nitrogens with zero attached hydrogens (tertiary/aromatic N) is 4. The highest BCUT2D eigenvalue weighted by Crippen LogP contribution is 2.13. The number of aromatic nitrogens is 4. The fraction of sp³-hybridized carbons (Fsp3) is 0.474. The molecule has 0 aliphatic rings. The molecule has 6 nitrogen and oxygen atoms in total. The maximum Gasteiger partial charge on any atom is 0.331 e. The van der Waals surface area contributed by atoms with Crippen LogP contribution in [0.4, 0.5) is 0 Å². The van der Waals surface area contributed by atoms with E-state index in [0.717, 1.165) is 11.1 Å². The van der Waals surface area contributed by atoms with Gasteiger partial charge in [0.25, 0.3) is 0 Å². The third-order valence-electron chi connectivity index (χ3n) is 3.22. The van der Waals surface area contributed by atoms with Gasteiger partial charge in [-0.05, 0) is 64.0 Å². The molecule has 0 radical (unpaired) electrons. The lowest BCUT2D eigenvalue weighted by Gasteiger charge is -2.17. The molecular formula is C19H26N4O2. The van der Waals surface area contributed by atoms with Crippen molar-refractivity contribution < 1.29 is 9.53 Å². The molecule has 25 heavy (non-hydrogen) atoms. The van der Waals surface area contributed by atoms with E-state index < -0.39 is 5.60 Å². The first-order valence-corrected chi connectivity index (χ1v) is 8.32. The van der Waals surface area contributed by atoms with Crippen molar-refractivity contribution in [3.05, 3.63) is 47.3 Å². The summed E-state index contributed by atoms with van der Waals surface area (Å²) in [5.41, 5.74) is 1.36. The van der Waals surface area contributed by atoms with Crippen molar-refractivity contribution in [1.29, 1.82) is 0 Å². The second-order valence-corrected chi connectivity index (χ2v) is 7.95. The molecule has 0 aliphatic carbocycles. The molecule has 2 aromatic rings. The summed E-state index contributed by atoms with van der Waals surface area (Å²) >= 11 is 0. The van der Waals surface area contributed by atoms with Crippen LogP contribution in [0.2, 0.25) is 0 Å². The van der Waals surface area contributed by atoms with Crippen LogP contribution in [-0.4, -0.2) is 31.8 Å². The number of ether oxygens (including phenoxy) is 1. The van der Waals surface area contributed by atoms with Gasteiger partial charge in [0.05, 0.1) is 5.54 Å². The Morgan fingerprint density at radius 2 is 1.76 bits per heavy atom. The molecule has 0 saturated carbocycles. The molecule has 0 spiro atoms. The quantitative estimate of drug-likeness (QED) is 0.629. The van der Waals surface area contributed by atoms with Crippen LogP contribution in [0.3, 0.4) is 0 Å². The van der Waals surface area contributed by atoms with Crippen LogP contribution >= 0.6 is 0 Å². The Balaban J connectivity index is 1.98. The van der Waals surface area contributed by atoms with Crippen molar-refractivity contribution >= 4 is 12.0 Å². The van der Waals surface area contributed by atoms with Crippen LogP contribution < -0.4 is 0 Å². The van der Waals surface area contributed by atoms with Crippen molar-refractivity contribution in [2.45, 2.75) is 59.1 Å². The second kappa shape index (κ2) is 7.17. The van der Waals surface area contributed by atoms with Crippen LogP contribution in [0.15, 0.2) is 30.3 Å². The van der Waals surface area contributed by atoms with Crippen molar-refractivity contribution in [3.8, 4) is 0 Å². The van der Waals surface area contributed by atoms with Gasteiger partial charge in [-0.1, -0.05) is 24.3 Å². The van der Waals surface area contributed by atoms with Crippen LogP contribution in [-0.2, 0) is 21.5 Å². The molecule has 1 aromatic carbocycles. The van der Waals surface area contributed by atoms with Crippen LogP contribution in [0.1, 0.15) is 58.5 Å². The Kier molecular flexibility index (Phi) is 5.40. The molecule has 6 heteroatoms. The number of rotatable bonds is 4. The average Bonchev–Trinajstić information content (AvgIpc) is 2.93. The van der Waals surface area contributed by atoms with Crippen LogP contribution in [0.25, 0.3) is 6.08 Å². The van der Waals surface area contributed by atoms with E-state index >= 15 is 0 Å². The van der Waals surface area contributed by atoms with E-state index in [2.05, 4.69) is 15.4 Å². The second-order valence-electron chi connectivity index (χ2n) is 7.95. The average molecular weight is 342 g/mol. The number of hydrogen-bond acceptors (Lipinski definition) is 5. The topological polar surface area (TPSA) is 69.9 Å². The summed E-state index contributed by atoms with van der Waals surface area (Å²) in [7, 11) is 0. The zero-order valence-electron chi connectivity index (χ0n) is 15.8. The molecule has 0 unspecified atom stereocenters. The minimum absolute atomic E-state index is 0.179. The molecule has 0 N–H and O–H groups in total. The van der Waals surface area contributed by atoms with Crippen LogP contribution in [0.5, 0.6) is 0 Å². The monoisotopic (exact) mass is 342 g/mol. The van der Waals surface area contributed by atoms with Crippen molar-refractivity contribution in [3.63, 3.8) is 0 Å². The van der Waals surface area contributed by atoms with Gasteiger partial charge in [0.2, 0.25) is 0 Å². The smallest absolute Gasteiger partial charge is 0.331 e. The zero-order valence-corrected chi connectivity index (χ0v) is 15.8. The molecular weight excluding hydrogens is 316 g/mol. The van der Waals surface area contributed by atoms with Gasteiger partial charge in [-0.15, -0.1) is 10.2 Å². The highest BCUT2D eigenvalue weighted by molar-refractivity contribution is 5.87. The predicted molar refractivity (Wildman–Crippen MR) is 96.9 cm³/mol. The molecule has 2 rings (SSSR count). The maximum absolute atomic E-state index is 11.7. The number of carbonyl (C=O) groups excluding carboxylic acids is 1. The number of benzene rings is 1. The van der Waals surface area contributed by atoms with Gasteiger partial charge < -0.3 is 4.74 Å². The van der Waals surface area contributed by atoms with Gasteiger partial charge in [-0.2, -0.15) is 4.80 Å². The van der Waals surface area contributed by atoms with Gasteiger partial charge in [0, 0.05) is 12.5 Å². The maximum atomic E-state index is 11.7. The fourth-order valence-electron chi connectivity index (χ4n) is 2.03. The summed E-state index contributed by atoms with van der Waals surface area (Å²) in [6.07, 6.45) is 3.80.